The number of hydrogen-bond donors (Lipinski definition) is 1. The first-order chi connectivity index (χ1) is 9.17. The molecule has 0 radical (unpaired) electrons. The Hall–Kier alpha value is -1.34. The highest BCUT2D eigenvalue weighted by Crippen LogP contribution is 2.24. The second-order valence-electron chi connectivity index (χ2n) is 5.75. The van der Waals surface area contributed by atoms with Crippen molar-refractivity contribution in [3.63, 3.8) is 0 Å². The number of aromatic nitrogens is 2. The largest absolute Gasteiger partial charge is 0.335 e. The molecule has 1 aliphatic rings. The maximum Gasteiger partial charge on any atom is 0.108 e. The molecule has 1 aliphatic carbocycles. The number of nitrogens with zero attached hydrogens (tertiary/aromatic N) is 3. The van der Waals surface area contributed by atoms with Crippen LogP contribution in [0.3, 0.4) is 0 Å². The average molecular weight is 260 g/mol. The topological polar surface area (TPSA) is 53.6 Å². The zero-order valence-corrected chi connectivity index (χ0v) is 12.0. The van der Waals surface area contributed by atoms with E-state index in [0.29, 0.717) is 6.04 Å². The smallest absolute Gasteiger partial charge is 0.108 e. The summed E-state index contributed by atoms with van der Waals surface area (Å²) in [4.78, 5) is 4.38. The van der Waals surface area contributed by atoms with Crippen LogP contribution in [-0.4, -0.2) is 21.1 Å². The first kappa shape index (κ1) is 14.1. The molecule has 1 aromatic heterocycles. The van der Waals surface area contributed by atoms with Crippen LogP contribution in [0.25, 0.3) is 0 Å². The van der Waals surface area contributed by atoms with E-state index in [-0.39, 0.29) is 5.54 Å². The van der Waals surface area contributed by atoms with Crippen LogP contribution in [0.1, 0.15) is 51.8 Å². The highest BCUT2D eigenvalue weighted by atomic mass is 15.1. The minimum Gasteiger partial charge on any atom is -0.335 e. The molecule has 1 unspecified atom stereocenters. The molecule has 1 N–H and O–H groups in total. The van der Waals surface area contributed by atoms with Gasteiger partial charge in [-0.2, -0.15) is 5.26 Å². The van der Waals surface area contributed by atoms with Gasteiger partial charge in [0.25, 0.3) is 0 Å². The zero-order valence-electron chi connectivity index (χ0n) is 12.0. The van der Waals surface area contributed by atoms with Gasteiger partial charge in [-0.25, -0.2) is 4.98 Å². The van der Waals surface area contributed by atoms with Crippen LogP contribution in [0.4, 0.5) is 0 Å². The van der Waals surface area contributed by atoms with Crippen molar-refractivity contribution in [2.75, 3.05) is 0 Å². The number of nitrogens with one attached hydrogen (secondary N) is 1. The molecule has 1 atom stereocenters. The molecule has 0 bridgehead atoms. The Balaban J connectivity index is 1.81. The lowest BCUT2D eigenvalue weighted by atomic mass is 9.97. The Morgan fingerprint density at radius 3 is 3.00 bits per heavy atom. The SMILES string of the molecule is CCCc1nccn1CCCC(C)(C#N)NC1CC1. The Kier molecular flexibility index (Phi) is 4.60. The van der Waals surface area contributed by atoms with Gasteiger partial charge in [-0.1, -0.05) is 6.92 Å². The molecule has 104 valence electrons. The molecule has 0 spiro atoms. The molecule has 0 amide bonds. The van der Waals surface area contributed by atoms with Crippen LogP contribution < -0.4 is 5.32 Å². The molecule has 0 aromatic carbocycles. The highest BCUT2D eigenvalue weighted by Gasteiger charge is 2.31. The van der Waals surface area contributed by atoms with Crippen molar-refractivity contribution in [2.45, 2.75) is 70.5 Å². The van der Waals surface area contributed by atoms with Gasteiger partial charge in [0.2, 0.25) is 0 Å². The maximum atomic E-state index is 9.33. The van der Waals surface area contributed by atoms with E-state index < -0.39 is 0 Å². The van der Waals surface area contributed by atoms with E-state index in [9.17, 15) is 5.26 Å². The standard InChI is InChI=1S/C15H24N4/c1-3-5-14-17-9-11-19(14)10-4-8-15(2,12-16)18-13-6-7-13/h9,11,13,18H,3-8,10H2,1-2H3. The van der Waals surface area contributed by atoms with Gasteiger partial charge in [-0.15, -0.1) is 0 Å². The summed E-state index contributed by atoms with van der Waals surface area (Å²) in [6.07, 6.45) is 10.4. The minimum absolute atomic E-state index is 0.368. The van der Waals surface area contributed by atoms with Gasteiger partial charge >= 0.3 is 0 Å². The lowest BCUT2D eigenvalue weighted by molar-refractivity contribution is 0.389. The quantitative estimate of drug-likeness (QED) is 0.781. The fraction of sp³-hybridized carbons (Fsp3) is 0.733. The van der Waals surface area contributed by atoms with Gasteiger partial charge in [0.15, 0.2) is 0 Å². The van der Waals surface area contributed by atoms with E-state index >= 15 is 0 Å². The molecule has 0 saturated heterocycles. The van der Waals surface area contributed by atoms with Crippen molar-refractivity contribution < 1.29 is 0 Å². The lowest BCUT2D eigenvalue weighted by Gasteiger charge is -2.23. The normalized spacial score (nSPS) is 17.9. The van der Waals surface area contributed by atoms with E-state index in [1.54, 1.807) is 0 Å². The molecule has 1 aromatic rings. The Labute approximate surface area is 115 Å². The van der Waals surface area contributed by atoms with Gasteiger partial charge < -0.3 is 4.57 Å². The van der Waals surface area contributed by atoms with Crippen LogP contribution in [0, 0.1) is 11.3 Å². The third-order valence-electron chi connectivity index (χ3n) is 3.70. The van der Waals surface area contributed by atoms with Gasteiger partial charge in [0.1, 0.15) is 11.4 Å². The fourth-order valence-corrected chi connectivity index (χ4v) is 2.44. The summed E-state index contributed by atoms with van der Waals surface area (Å²) in [6, 6.07) is 3.01. The molecular weight excluding hydrogens is 236 g/mol. The van der Waals surface area contributed by atoms with Crippen LogP contribution in [0.15, 0.2) is 12.4 Å². The monoisotopic (exact) mass is 260 g/mol. The highest BCUT2D eigenvalue weighted by molar-refractivity contribution is 5.07. The average Bonchev–Trinajstić information content (AvgIpc) is 3.09. The number of imidazole rings is 1. The van der Waals surface area contributed by atoms with E-state index in [4.69, 9.17) is 0 Å². The first-order valence-corrected chi connectivity index (χ1v) is 7.36. The molecule has 19 heavy (non-hydrogen) atoms. The summed E-state index contributed by atoms with van der Waals surface area (Å²) >= 11 is 0. The van der Waals surface area contributed by atoms with Gasteiger partial charge in [-0.05, 0) is 39.0 Å². The third kappa shape index (κ3) is 4.07. The fourth-order valence-electron chi connectivity index (χ4n) is 2.44. The molecule has 0 aliphatic heterocycles. The molecule has 1 saturated carbocycles. The van der Waals surface area contributed by atoms with E-state index in [1.165, 1.54) is 12.8 Å². The Morgan fingerprint density at radius 2 is 2.37 bits per heavy atom. The predicted molar refractivity (Wildman–Crippen MR) is 75.6 cm³/mol. The van der Waals surface area contributed by atoms with Crippen LogP contribution in [0.2, 0.25) is 0 Å². The van der Waals surface area contributed by atoms with Crippen molar-refractivity contribution in [2.24, 2.45) is 0 Å². The second kappa shape index (κ2) is 6.21. The number of aryl methyl sites for hydroxylation is 2. The van der Waals surface area contributed by atoms with Crippen molar-refractivity contribution in [1.82, 2.24) is 14.9 Å². The van der Waals surface area contributed by atoms with Crippen LogP contribution >= 0.6 is 0 Å². The van der Waals surface area contributed by atoms with Crippen molar-refractivity contribution in [3.8, 4) is 6.07 Å². The Bertz CT molecular complexity index is 441. The third-order valence-corrected chi connectivity index (χ3v) is 3.70. The summed E-state index contributed by atoms with van der Waals surface area (Å²) in [5.74, 6) is 1.16. The van der Waals surface area contributed by atoms with E-state index in [1.807, 2.05) is 19.3 Å². The van der Waals surface area contributed by atoms with Gasteiger partial charge in [0.05, 0.1) is 6.07 Å². The van der Waals surface area contributed by atoms with Gasteiger partial charge in [-0.3, -0.25) is 5.32 Å². The zero-order chi connectivity index (χ0) is 13.7. The molecule has 4 heteroatoms. The lowest BCUT2D eigenvalue weighted by Crippen LogP contribution is -2.42. The number of nitriles is 1. The van der Waals surface area contributed by atoms with Crippen LogP contribution in [0.5, 0.6) is 0 Å². The minimum atomic E-state index is -0.368. The molecule has 2 rings (SSSR count). The molecular formula is C15H24N4. The summed E-state index contributed by atoms with van der Waals surface area (Å²) in [6.45, 7) is 5.15. The summed E-state index contributed by atoms with van der Waals surface area (Å²) in [5, 5.41) is 12.8. The molecule has 1 heterocycles. The van der Waals surface area contributed by atoms with Crippen molar-refractivity contribution in [1.29, 1.82) is 5.26 Å². The molecule has 1 fully saturated rings. The summed E-state index contributed by atoms with van der Waals surface area (Å²) < 4.78 is 2.22. The maximum absolute atomic E-state index is 9.33. The van der Waals surface area contributed by atoms with Crippen molar-refractivity contribution in [3.05, 3.63) is 18.2 Å². The summed E-state index contributed by atoms with van der Waals surface area (Å²) in [5.41, 5.74) is -0.368. The Morgan fingerprint density at radius 1 is 1.58 bits per heavy atom. The van der Waals surface area contributed by atoms with Gasteiger partial charge in [0, 0.05) is 31.4 Å². The van der Waals surface area contributed by atoms with Crippen molar-refractivity contribution >= 4 is 0 Å². The second-order valence-corrected chi connectivity index (χ2v) is 5.75. The van der Waals surface area contributed by atoms with E-state index in [2.05, 4.69) is 27.9 Å². The van der Waals surface area contributed by atoms with E-state index in [0.717, 1.165) is 38.1 Å². The first-order valence-electron chi connectivity index (χ1n) is 7.36. The molecule has 4 nitrogen and oxygen atoms in total. The predicted octanol–water partition coefficient (Wildman–Crippen LogP) is 2.65. The summed E-state index contributed by atoms with van der Waals surface area (Å²) in [7, 11) is 0. The number of hydrogen-bond acceptors (Lipinski definition) is 3. The van der Waals surface area contributed by atoms with Crippen LogP contribution in [-0.2, 0) is 13.0 Å². The number of rotatable bonds is 8.